The third-order valence-electron chi connectivity index (χ3n) is 7.44. The van der Waals surface area contributed by atoms with E-state index in [0.29, 0.717) is 47.5 Å². The van der Waals surface area contributed by atoms with Gasteiger partial charge in [-0.15, -0.1) is 0 Å². The molecule has 0 fully saturated rings. The fourth-order valence-electron chi connectivity index (χ4n) is 4.97. The summed E-state index contributed by atoms with van der Waals surface area (Å²) < 4.78 is 10.9. The first kappa shape index (κ1) is 36.9. The van der Waals surface area contributed by atoms with Gasteiger partial charge in [0.2, 0.25) is 0 Å². The highest BCUT2D eigenvalue weighted by molar-refractivity contribution is 6.11. The van der Waals surface area contributed by atoms with Gasteiger partial charge in [-0.1, -0.05) is 54.6 Å². The quantitative estimate of drug-likeness (QED) is 0.0429. The lowest BCUT2D eigenvalue weighted by atomic mass is 9.93. The molecule has 0 radical (unpaired) electrons. The number of carbonyl (C=O) groups excluding carboxylic acids is 4. The van der Waals surface area contributed by atoms with Crippen LogP contribution in [0.4, 0.5) is 10.5 Å². The third kappa shape index (κ3) is 11.0. The molecule has 0 spiro atoms. The second-order valence-electron chi connectivity index (χ2n) is 12.6. The van der Waals surface area contributed by atoms with E-state index in [-0.39, 0.29) is 29.5 Å². The molecule has 0 aliphatic carbocycles. The number of rotatable bonds is 14. The number of benzene rings is 4. The Hall–Kier alpha value is -5.97. The SMILES string of the molecule is CC(C)(C)OC(=O)NCCCCCNC(=O)c1ccc(-c2ccccc2C(=O)Nc2ccc(C(=N)N)cc2)c(C(=O)OCc2ccccc2)c1. The number of unbranched alkanes of at least 4 members (excludes halogenated alkanes) is 2. The van der Waals surface area contributed by atoms with E-state index < -0.39 is 23.6 Å². The van der Waals surface area contributed by atoms with Crippen LogP contribution in [0.25, 0.3) is 11.1 Å². The summed E-state index contributed by atoms with van der Waals surface area (Å²) >= 11 is 0. The Kier molecular flexibility index (Phi) is 12.9. The van der Waals surface area contributed by atoms with Gasteiger partial charge >= 0.3 is 12.1 Å². The molecule has 0 saturated carbocycles. The van der Waals surface area contributed by atoms with E-state index in [4.69, 9.17) is 20.6 Å². The second-order valence-corrected chi connectivity index (χ2v) is 12.6. The van der Waals surface area contributed by atoms with Gasteiger partial charge in [0.1, 0.15) is 18.0 Å². The Morgan fingerprint density at radius 2 is 1.32 bits per heavy atom. The molecule has 0 aromatic heterocycles. The van der Waals surface area contributed by atoms with Crippen LogP contribution in [0, 0.1) is 5.41 Å². The Morgan fingerprint density at radius 1 is 0.700 bits per heavy atom. The van der Waals surface area contributed by atoms with E-state index in [1.807, 2.05) is 30.3 Å². The zero-order valence-electron chi connectivity index (χ0n) is 28.5. The number of nitrogens with two attached hydrogens (primary N) is 1. The average Bonchev–Trinajstić information content (AvgIpc) is 3.09. The number of ether oxygens (including phenoxy) is 2. The van der Waals surface area contributed by atoms with Crippen molar-refractivity contribution in [2.75, 3.05) is 18.4 Å². The minimum Gasteiger partial charge on any atom is -0.457 e. The number of hydrogen-bond acceptors (Lipinski definition) is 7. The summed E-state index contributed by atoms with van der Waals surface area (Å²) in [7, 11) is 0. The summed E-state index contributed by atoms with van der Waals surface area (Å²) in [6.07, 6.45) is 1.71. The lowest BCUT2D eigenvalue weighted by Crippen LogP contribution is -2.33. The van der Waals surface area contributed by atoms with Crippen molar-refractivity contribution >= 4 is 35.4 Å². The molecule has 0 atom stereocenters. The normalized spacial score (nSPS) is 10.9. The summed E-state index contributed by atoms with van der Waals surface area (Å²) in [4.78, 5) is 52.1. The molecule has 3 amide bonds. The fourth-order valence-corrected chi connectivity index (χ4v) is 4.97. The zero-order valence-corrected chi connectivity index (χ0v) is 28.5. The van der Waals surface area contributed by atoms with E-state index in [1.165, 1.54) is 6.07 Å². The molecule has 50 heavy (non-hydrogen) atoms. The summed E-state index contributed by atoms with van der Waals surface area (Å²) in [5.41, 5.74) is 8.42. The number of hydrogen-bond donors (Lipinski definition) is 5. The molecule has 4 aromatic rings. The molecule has 0 saturated heterocycles. The molecular formula is C39H43N5O6. The Morgan fingerprint density at radius 3 is 2.00 bits per heavy atom. The van der Waals surface area contributed by atoms with E-state index in [9.17, 15) is 19.2 Å². The fraction of sp³-hybridized carbons (Fsp3) is 0.256. The molecule has 260 valence electrons. The lowest BCUT2D eigenvalue weighted by molar-refractivity contribution is 0.0471. The van der Waals surface area contributed by atoms with Gasteiger partial charge < -0.3 is 31.2 Å². The summed E-state index contributed by atoms with van der Waals surface area (Å²) in [5.74, 6) is -1.50. The molecule has 11 nitrogen and oxygen atoms in total. The maximum atomic E-state index is 13.6. The maximum absolute atomic E-state index is 13.6. The highest BCUT2D eigenvalue weighted by Gasteiger charge is 2.22. The largest absolute Gasteiger partial charge is 0.457 e. The Labute approximate surface area is 292 Å². The van der Waals surface area contributed by atoms with Crippen molar-refractivity contribution in [1.29, 1.82) is 5.41 Å². The van der Waals surface area contributed by atoms with Crippen LogP contribution in [-0.4, -0.2) is 48.4 Å². The third-order valence-corrected chi connectivity index (χ3v) is 7.44. The van der Waals surface area contributed by atoms with Crippen molar-refractivity contribution in [3.8, 4) is 11.1 Å². The molecule has 0 unspecified atom stereocenters. The minimum absolute atomic E-state index is 0.0245. The highest BCUT2D eigenvalue weighted by Crippen LogP contribution is 2.30. The van der Waals surface area contributed by atoms with Crippen LogP contribution in [0.2, 0.25) is 0 Å². The van der Waals surface area contributed by atoms with Crippen LogP contribution in [0.5, 0.6) is 0 Å². The van der Waals surface area contributed by atoms with Crippen LogP contribution in [0.3, 0.4) is 0 Å². The first-order valence-corrected chi connectivity index (χ1v) is 16.4. The molecule has 4 rings (SSSR count). The first-order chi connectivity index (χ1) is 23.9. The van der Waals surface area contributed by atoms with Gasteiger partial charge in [-0.05, 0) is 99.2 Å². The predicted octanol–water partition coefficient (Wildman–Crippen LogP) is 6.67. The summed E-state index contributed by atoms with van der Waals surface area (Å²) in [6.45, 7) is 6.30. The molecule has 0 heterocycles. The molecule has 6 N–H and O–H groups in total. The van der Waals surface area contributed by atoms with Gasteiger partial charge in [-0.25, -0.2) is 9.59 Å². The van der Waals surface area contributed by atoms with Crippen molar-refractivity contribution in [3.05, 3.63) is 125 Å². The van der Waals surface area contributed by atoms with Gasteiger partial charge in [-0.2, -0.15) is 0 Å². The van der Waals surface area contributed by atoms with Crippen LogP contribution in [0.1, 0.15) is 82.2 Å². The standard InChI is InChI=1S/C39H43N5O6/c1-39(2,3)50-38(48)43-23-11-5-10-22-42-35(45)28-18-21-31(33(24-28)37(47)49-25-26-12-6-4-7-13-26)30-14-8-9-15-32(30)36(46)44-29-19-16-27(17-20-29)34(40)41/h4,6-9,12-21,24H,5,10-11,22-23,25H2,1-3H3,(H3,40,41)(H,42,45)(H,43,48)(H,44,46). The lowest BCUT2D eigenvalue weighted by Gasteiger charge is -2.19. The molecule has 11 heteroatoms. The number of amides is 3. The first-order valence-electron chi connectivity index (χ1n) is 16.4. The number of alkyl carbamates (subject to hydrolysis) is 1. The Balaban J connectivity index is 1.49. The van der Waals surface area contributed by atoms with Crippen molar-refractivity contribution in [2.45, 2.75) is 52.2 Å². The molecule has 4 aromatic carbocycles. The topological polar surface area (TPSA) is 173 Å². The zero-order chi connectivity index (χ0) is 36.1. The highest BCUT2D eigenvalue weighted by atomic mass is 16.6. The van der Waals surface area contributed by atoms with E-state index in [0.717, 1.165) is 18.4 Å². The van der Waals surface area contributed by atoms with Crippen LogP contribution in [-0.2, 0) is 16.1 Å². The summed E-state index contributed by atoms with van der Waals surface area (Å²) in [6, 6.07) is 27.4. The van der Waals surface area contributed by atoms with Gasteiger partial charge in [0.15, 0.2) is 0 Å². The summed E-state index contributed by atoms with van der Waals surface area (Å²) in [5, 5.41) is 16.1. The minimum atomic E-state index is -0.647. The van der Waals surface area contributed by atoms with Crippen molar-refractivity contribution in [2.24, 2.45) is 5.73 Å². The maximum Gasteiger partial charge on any atom is 0.407 e. The van der Waals surface area contributed by atoms with Crippen LogP contribution in [0.15, 0.2) is 97.1 Å². The molecule has 0 aliphatic rings. The Bertz CT molecular complexity index is 1820. The predicted molar refractivity (Wildman–Crippen MR) is 193 cm³/mol. The van der Waals surface area contributed by atoms with Crippen LogP contribution < -0.4 is 21.7 Å². The van der Waals surface area contributed by atoms with Crippen molar-refractivity contribution in [3.63, 3.8) is 0 Å². The molecule has 0 aliphatic heterocycles. The van der Waals surface area contributed by atoms with E-state index >= 15 is 0 Å². The molecule has 0 bridgehead atoms. The van der Waals surface area contributed by atoms with Gasteiger partial charge in [-0.3, -0.25) is 15.0 Å². The number of amidine groups is 1. The average molecular weight is 678 g/mol. The number of nitrogen functional groups attached to an aromatic ring is 1. The second kappa shape index (κ2) is 17.4. The van der Waals surface area contributed by atoms with Crippen LogP contribution >= 0.6 is 0 Å². The molecular weight excluding hydrogens is 634 g/mol. The van der Waals surface area contributed by atoms with Crippen molar-refractivity contribution in [1.82, 2.24) is 10.6 Å². The van der Waals surface area contributed by atoms with Gasteiger partial charge in [0.25, 0.3) is 11.8 Å². The van der Waals surface area contributed by atoms with E-state index in [1.54, 1.807) is 81.4 Å². The van der Waals surface area contributed by atoms with Gasteiger partial charge in [0.05, 0.1) is 5.56 Å². The number of esters is 1. The number of anilines is 1. The van der Waals surface area contributed by atoms with E-state index in [2.05, 4.69) is 16.0 Å². The van der Waals surface area contributed by atoms with Gasteiger partial charge in [0, 0.05) is 35.5 Å². The monoisotopic (exact) mass is 677 g/mol. The number of nitrogens with one attached hydrogen (secondary N) is 4. The smallest absolute Gasteiger partial charge is 0.407 e. The van der Waals surface area contributed by atoms with Crippen molar-refractivity contribution < 1.29 is 28.7 Å². The number of carbonyl (C=O) groups is 4.